The van der Waals surface area contributed by atoms with Crippen LogP contribution in [-0.2, 0) is 0 Å². The number of nitro benzene ring substituents is 1. The molecule has 2 aromatic carbocycles. The van der Waals surface area contributed by atoms with Crippen LogP contribution in [0.1, 0.15) is 30.9 Å². The summed E-state index contributed by atoms with van der Waals surface area (Å²) < 4.78 is 48.2. The van der Waals surface area contributed by atoms with Crippen molar-refractivity contribution in [2.45, 2.75) is 36.7 Å². The number of nitrogens with one attached hydrogen (secondary N) is 1. The molecule has 0 atom stereocenters. The molecule has 3 rings (SSSR count). The Bertz CT molecular complexity index is 1200. The summed E-state index contributed by atoms with van der Waals surface area (Å²) >= 11 is 6.73. The molecule has 1 aromatic heterocycles. The molecule has 0 aliphatic heterocycles. The smallest absolute Gasteiger partial charge is 0.258 e. The summed E-state index contributed by atoms with van der Waals surface area (Å²) in [6.07, 6.45) is 0. The van der Waals surface area contributed by atoms with Crippen molar-refractivity contribution in [3.8, 4) is 5.69 Å². The minimum absolute atomic E-state index is 0.0636. The number of alkyl halides is 2. The Morgan fingerprint density at radius 3 is 2.41 bits per heavy atom. The fourth-order valence-corrected chi connectivity index (χ4v) is 3.93. The SMILES string of the molecule is Cc1cc(Sc2n[nH]c(=O)n2-c2cc(Cl)c(F)cc2C(C)C)c([N+](=O)[O-])cc1F.FCF. The second-order valence-electron chi connectivity index (χ2n) is 6.66. The molecule has 172 valence electrons. The number of nitro groups is 1. The Hall–Kier alpha value is -2.86. The van der Waals surface area contributed by atoms with Crippen LogP contribution in [0.5, 0.6) is 0 Å². The first-order valence-electron chi connectivity index (χ1n) is 8.92. The molecule has 0 spiro atoms. The molecule has 0 aliphatic carbocycles. The summed E-state index contributed by atoms with van der Waals surface area (Å²) in [5.74, 6) is -1.50. The van der Waals surface area contributed by atoms with Gasteiger partial charge in [0.15, 0.2) is 0 Å². The highest BCUT2D eigenvalue weighted by molar-refractivity contribution is 7.99. The molecule has 7 nitrogen and oxygen atoms in total. The number of hydrogen-bond donors (Lipinski definition) is 1. The van der Waals surface area contributed by atoms with Gasteiger partial charge in [-0.3, -0.25) is 10.1 Å². The first kappa shape index (κ1) is 25.4. The van der Waals surface area contributed by atoms with Gasteiger partial charge in [-0.2, -0.15) is 0 Å². The number of aryl methyl sites for hydroxylation is 1. The Balaban J connectivity index is 0.00000114. The second-order valence-corrected chi connectivity index (χ2v) is 8.07. The summed E-state index contributed by atoms with van der Waals surface area (Å²) in [4.78, 5) is 23.2. The highest BCUT2D eigenvalue weighted by Crippen LogP contribution is 2.37. The molecule has 13 heteroatoms. The van der Waals surface area contributed by atoms with Crippen LogP contribution in [0.4, 0.5) is 23.2 Å². The Morgan fingerprint density at radius 1 is 1.22 bits per heavy atom. The number of benzene rings is 2. The van der Waals surface area contributed by atoms with Gasteiger partial charge in [0.05, 0.1) is 26.6 Å². The predicted octanol–water partition coefficient (Wildman–Crippen LogP) is 5.87. The number of rotatable bonds is 5. The fraction of sp³-hybridized carbons (Fsp3) is 0.263. The van der Waals surface area contributed by atoms with Crippen molar-refractivity contribution in [3.63, 3.8) is 0 Å². The van der Waals surface area contributed by atoms with Crippen molar-refractivity contribution in [2.75, 3.05) is 6.93 Å². The lowest BCUT2D eigenvalue weighted by Crippen LogP contribution is -2.18. The molecule has 0 saturated heterocycles. The molecular formula is C19H17ClF4N4O3S. The summed E-state index contributed by atoms with van der Waals surface area (Å²) in [5.41, 5.74) is -0.0775. The van der Waals surface area contributed by atoms with E-state index in [1.807, 2.05) is 13.8 Å². The first-order chi connectivity index (χ1) is 15.0. The average molecular weight is 493 g/mol. The maximum atomic E-state index is 14.0. The third-order valence-corrected chi connectivity index (χ3v) is 5.51. The quantitative estimate of drug-likeness (QED) is 0.273. The lowest BCUT2D eigenvalue weighted by molar-refractivity contribution is -0.387. The molecule has 1 heterocycles. The highest BCUT2D eigenvalue weighted by atomic mass is 35.5. The van der Waals surface area contributed by atoms with E-state index in [0.717, 1.165) is 22.4 Å². The van der Waals surface area contributed by atoms with Crippen LogP contribution in [0, 0.1) is 28.7 Å². The number of hydrogen-bond acceptors (Lipinski definition) is 5. The van der Waals surface area contributed by atoms with E-state index in [9.17, 15) is 32.5 Å². The van der Waals surface area contributed by atoms with Gasteiger partial charge in [0.25, 0.3) is 5.69 Å². The molecule has 0 saturated carbocycles. The topological polar surface area (TPSA) is 93.8 Å². The fourth-order valence-electron chi connectivity index (χ4n) is 2.74. The Morgan fingerprint density at radius 2 is 1.84 bits per heavy atom. The van der Waals surface area contributed by atoms with Crippen molar-refractivity contribution in [3.05, 3.63) is 72.6 Å². The van der Waals surface area contributed by atoms with E-state index in [1.165, 1.54) is 25.1 Å². The Labute approximate surface area is 188 Å². The van der Waals surface area contributed by atoms with Gasteiger partial charge in [0, 0.05) is 0 Å². The molecule has 0 amide bonds. The molecule has 0 unspecified atom stereocenters. The maximum Gasteiger partial charge on any atom is 0.348 e. The largest absolute Gasteiger partial charge is 0.348 e. The van der Waals surface area contributed by atoms with Crippen molar-refractivity contribution in [1.82, 2.24) is 14.8 Å². The van der Waals surface area contributed by atoms with E-state index < -0.39 is 34.9 Å². The second kappa shape index (κ2) is 10.6. The molecular weight excluding hydrogens is 476 g/mol. The zero-order chi connectivity index (χ0) is 24.2. The van der Waals surface area contributed by atoms with Crippen LogP contribution in [0.2, 0.25) is 5.02 Å². The van der Waals surface area contributed by atoms with Gasteiger partial charge < -0.3 is 0 Å². The summed E-state index contributed by atoms with van der Waals surface area (Å²) in [6.45, 7) is 3.36. The van der Waals surface area contributed by atoms with E-state index in [-0.39, 0.29) is 26.6 Å². The van der Waals surface area contributed by atoms with E-state index in [2.05, 4.69) is 10.2 Å². The number of nitrogens with zero attached hydrogens (tertiary/aromatic N) is 3. The predicted molar refractivity (Wildman–Crippen MR) is 112 cm³/mol. The summed E-state index contributed by atoms with van der Waals surface area (Å²) in [5, 5.41) is 17.4. The molecule has 1 N–H and O–H groups in total. The number of aromatic amines is 1. The minimum Gasteiger partial charge on any atom is -0.258 e. The van der Waals surface area contributed by atoms with Gasteiger partial charge in [-0.1, -0.05) is 25.4 Å². The van der Waals surface area contributed by atoms with E-state index in [0.29, 0.717) is 11.3 Å². The van der Waals surface area contributed by atoms with Gasteiger partial charge in [-0.15, -0.1) is 5.10 Å². The monoisotopic (exact) mass is 492 g/mol. The zero-order valence-electron chi connectivity index (χ0n) is 17.0. The van der Waals surface area contributed by atoms with Crippen molar-refractivity contribution >= 4 is 29.1 Å². The summed E-state index contributed by atoms with van der Waals surface area (Å²) in [7, 11) is 0. The van der Waals surface area contributed by atoms with Gasteiger partial charge in [0.2, 0.25) is 12.1 Å². The van der Waals surface area contributed by atoms with Crippen LogP contribution in [0.15, 0.2) is 39.1 Å². The molecule has 0 bridgehead atoms. The third-order valence-electron chi connectivity index (χ3n) is 4.21. The standard InChI is InChI=1S/C18H15ClF2N4O3S.CH2F2/c1-8(2)10-5-13(21)11(19)6-14(10)24-17(26)22-23-18(24)29-16-4-9(3)12(20)7-15(16)25(27)28;2-1-3/h4-8H,1-3H3,(H,22,26);1H2. The molecule has 32 heavy (non-hydrogen) atoms. The van der Waals surface area contributed by atoms with Crippen LogP contribution in [-0.4, -0.2) is 26.6 Å². The van der Waals surface area contributed by atoms with Crippen molar-refractivity contribution in [1.29, 1.82) is 0 Å². The van der Waals surface area contributed by atoms with Crippen LogP contribution in [0.3, 0.4) is 0 Å². The van der Waals surface area contributed by atoms with E-state index >= 15 is 0 Å². The van der Waals surface area contributed by atoms with Gasteiger partial charge in [-0.05, 0) is 53.9 Å². The first-order valence-corrected chi connectivity index (χ1v) is 10.1. The van der Waals surface area contributed by atoms with Crippen molar-refractivity contribution < 1.29 is 22.5 Å². The lowest BCUT2D eigenvalue weighted by atomic mass is 10.0. The van der Waals surface area contributed by atoms with Gasteiger partial charge in [-0.25, -0.2) is 32.0 Å². The van der Waals surface area contributed by atoms with E-state index in [4.69, 9.17) is 11.6 Å². The molecule has 0 fully saturated rings. The summed E-state index contributed by atoms with van der Waals surface area (Å²) in [6, 6.07) is 4.67. The van der Waals surface area contributed by atoms with E-state index in [1.54, 1.807) is 0 Å². The highest BCUT2D eigenvalue weighted by Gasteiger charge is 2.23. The van der Waals surface area contributed by atoms with Gasteiger partial charge >= 0.3 is 5.69 Å². The van der Waals surface area contributed by atoms with Crippen LogP contribution in [0.25, 0.3) is 5.69 Å². The average Bonchev–Trinajstić information content (AvgIpc) is 3.06. The lowest BCUT2D eigenvalue weighted by Gasteiger charge is -2.15. The molecule has 3 aromatic rings. The maximum absolute atomic E-state index is 14.0. The Kier molecular flexibility index (Phi) is 8.44. The van der Waals surface area contributed by atoms with Crippen LogP contribution >= 0.6 is 23.4 Å². The minimum atomic E-state index is -1.75. The molecule has 0 aliphatic rings. The van der Waals surface area contributed by atoms with Crippen molar-refractivity contribution in [2.24, 2.45) is 0 Å². The normalized spacial score (nSPS) is 10.8. The van der Waals surface area contributed by atoms with Crippen LogP contribution < -0.4 is 5.69 Å². The number of aromatic nitrogens is 3. The zero-order valence-corrected chi connectivity index (χ0v) is 18.5. The van der Waals surface area contributed by atoms with Gasteiger partial charge in [0.1, 0.15) is 11.6 Å². The molecule has 0 radical (unpaired) electrons. The third kappa shape index (κ3) is 5.49. The number of H-pyrrole nitrogens is 1. The number of halogens is 5.